The number of hydrogen-bond donors (Lipinski definition) is 1. The first-order chi connectivity index (χ1) is 8.69. The molecular weight excluding hydrogens is 242 g/mol. The molecular formula is C14H23N3S. The Balaban J connectivity index is 2.09. The third-order valence-electron chi connectivity index (χ3n) is 3.61. The van der Waals surface area contributed by atoms with Gasteiger partial charge in [0.25, 0.3) is 0 Å². The summed E-state index contributed by atoms with van der Waals surface area (Å²) in [6.45, 7) is 4.86. The molecule has 4 heteroatoms. The van der Waals surface area contributed by atoms with Crippen LogP contribution in [0, 0.1) is 19.8 Å². The van der Waals surface area contributed by atoms with Crippen LogP contribution >= 0.6 is 11.8 Å². The standard InChI is InChI=1S/C14H23N3S/c1-10-8-11(2)17-14(16-10)18-13-7-5-3-4-6-12(13)9-15/h8,12-13H,3-7,9,15H2,1-2H3. The number of aromatic nitrogens is 2. The first-order valence-electron chi connectivity index (χ1n) is 6.88. The van der Waals surface area contributed by atoms with E-state index in [9.17, 15) is 0 Å². The van der Waals surface area contributed by atoms with E-state index in [-0.39, 0.29) is 0 Å². The fourth-order valence-electron chi connectivity index (χ4n) is 2.66. The largest absolute Gasteiger partial charge is 0.330 e. The molecule has 1 aromatic rings. The molecule has 2 unspecified atom stereocenters. The van der Waals surface area contributed by atoms with Crippen LogP contribution in [0.1, 0.15) is 43.5 Å². The summed E-state index contributed by atoms with van der Waals surface area (Å²) >= 11 is 1.84. The molecule has 1 fully saturated rings. The Kier molecular flexibility index (Phi) is 5.01. The molecule has 0 aromatic carbocycles. The van der Waals surface area contributed by atoms with E-state index >= 15 is 0 Å². The quantitative estimate of drug-likeness (QED) is 0.674. The molecule has 18 heavy (non-hydrogen) atoms. The summed E-state index contributed by atoms with van der Waals surface area (Å²) in [6.07, 6.45) is 6.51. The van der Waals surface area contributed by atoms with Gasteiger partial charge in [-0.3, -0.25) is 0 Å². The zero-order valence-corrected chi connectivity index (χ0v) is 12.2. The van der Waals surface area contributed by atoms with Crippen molar-refractivity contribution in [1.29, 1.82) is 0 Å². The summed E-state index contributed by atoms with van der Waals surface area (Å²) in [5.74, 6) is 0.627. The molecule has 1 heterocycles. The van der Waals surface area contributed by atoms with Gasteiger partial charge in [-0.15, -0.1) is 0 Å². The van der Waals surface area contributed by atoms with Crippen molar-refractivity contribution in [3.63, 3.8) is 0 Å². The number of rotatable bonds is 3. The van der Waals surface area contributed by atoms with Crippen LogP contribution in [0.25, 0.3) is 0 Å². The van der Waals surface area contributed by atoms with Gasteiger partial charge in [-0.1, -0.05) is 31.0 Å². The summed E-state index contributed by atoms with van der Waals surface area (Å²) in [5, 5.41) is 1.52. The van der Waals surface area contributed by atoms with Gasteiger partial charge in [0.15, 0.2) is 5.16 Å². The Bertz CT molecular complexity index is 374. The second-order valence-corrected chi connectivity index (χ2v) is 6.43. The van der Waals surface area contributed by atoms with Crippen molar-refractivity contribution in [1.82, 2.24) is 9.97 Å². The highest BCUT2D eigenvalue weighted by Crippen LogP contribution is 2.34. The second-order valence-electron chi connectivity index (χ2n) is 5.22. The number of thioether (sulfide) groups is 1. The predicted molar refractivity (Wildman–Crippen MR) is 76.8 cm³/mol. The van der Waals surface area contributed by atoms with E-state index in [0.717, 1.165) is 23.1 Å². The normalized spacial score (nSPS) is 24.8. The van der Waals surface area contributed by atoms with Crippen LogP contribution in [0.3, 0.4) is 0 Å². The van der Waals surface area contributed by atoms with Gasteiger partial charge < -0.3 is 5.73 Å². The second kappa shape index (κ2) is 6.53. The first-order valence-corrected chi connectivity index (χ1v) is 7.76. The van der Waals surface area contributed by atoms with Gasteiger partial charge in [0.2, 0.25) is 0 Å². The van der Waals surface area contributed by atoms with Gasteiger partial charge in [0.1, 0.15) is 0 Å². The molecule has 0 radical (unpaired) electrons. The average Bonchev–Trinajstić information content (AvgIpc) is 2.52. The van der Waals surface area contributed by atoms with Gasteiger partial charge in [-0.2, -0.15) is 0 Å². The maximum absolute atomic E-state index is 5.92. The zero-order valence-electron chi connectivity index (χ0n) is 11.4. The minimum absolute atomic E-state index is 0.596. The Morgan fingerprint density at radius 3 is 2.50 bits per heavy atom. The van der Waals surface area contributed by atoms with Gasteiger partial charge in [0, 0.05) is 16.6 Å². The number of nitrogens with zero attached hydrogens (tertiary/aromatic N) is 2. The molecule has 1 saturated carbocycles. The Labute approximate surface area is 114 Å². The molecule has 0 bridgehead atoms. The monoisotopic (exact) mass is 265 g/mol. The topological polar surface area (TPSA) is 51.8 Å². The Hall–Kier alpha value is -0.610. The summed E-state index contributed by atoms with van der Waals surface area (Å²) in [4.78, 5) is 9.08. The van der Waals surface area contributed by atoms with Crippen molar-refractivity contribution in [2.75, 3.05) is 6.54 Å². The fourth-order valence-corrected chi connectivity index (χ4v) is 4.05. The van der Waals surface area contributed by atoms with E-state index in [1.807, 2.05) is 31.7 Å². The number of nitrogens with two attached hydrogens (primary N) is 1. The number of aryl methyl sites for hydroxylation is 2. The molecule has 1 aromatic heterocycles. The zero-order chi connectivity index (χ0) is 13.0. The lowest BCUT2D eigenvalue weighted by molar-refractivity contribution is 0.483. The van der Waals surface area contributed by atoms with E-state index in [0.29, 0.717) is 11.2 Å². The van der Waals surface area contributed by atoms with Gasteiger partial charge in [-0.05, 0) is 45.2 Å². The van der Waals surface area contributed by atoms with E-state index in [2.05, 4.69) is 9.97 Å². The van der Waals surface area contributed by atoms with Gasteiger partial charge in [-0.25, -0.2) is 9.97 Å². The van der Waals surface area contributed by atoms with Crippen LogP contribution < -0.4 is 5.73 Å². The SMILES string of the molecule is Cc1cc(C)nc(SC2CCCCCC2CN)n1. The molecule has 0 aliphatic heterocycles. The summed E-state index contributed by atoms with van der Waals surface area (Å²) in [7, 11) is 0. The third-order valence-corrected chi connectivity index (χ3v) is 4.93. The van der Waals surface area contributed by atoms with E-state index in [4.69, 9.17) is 5.73 Å². The first kappa shape index (κ1) is 13.8. The molecule has 3 nitrogen and oxygen atoms in total. The number of hydrogen-bond acceptors (Lipinski definition) is 4. The molecule has 1 aliphatic rings. The van der Waals surface area contributed by atoms with Crippen molar-refractivity contribution < 1.29 is 0 Å². The van der Waals surface area contributed by atoms with Gasteiger partial charge in [0.05, 0.1) is 0 Å². The Morgan fingerprint density at radius 2 is 1.83 bits per heavy atom. The highest BCUT2D eigenvalue weighted by atomic mass is 32.2. The predicted octanol–water partition coefficient (Wildman–Crippen LogP) is 3.09. The molecule has 1 aliphatic carbocycles. The molecule has 2 N–H and O–H groups in total. The lowest BCUT2D eigenvalue weighted by Crippen LogP contribution is -2.24. The molecule has 0 spiro atoms. The van der Waals surface area contributed by atoms with Crippen LogP contribution in [-0.2, 0) is 0 Å². The van der Waals surface area contributed by atoms with Crippen molar-refractivity contribution in [2.45, 2.75) is 56.4 Å². The smallest absolute Gasteiger partial charge is 0.188 e. The summed E-state index contributed by atoms with van der Waals surface area (Å²) < 4.78 is 0. The Morgan fingerprint density at radius 1 is 1.17 bits per heavy atom. The van der Waals surface area contributed by atoms with Crippen molar-refractivity contribution in [2.24, 2.45) is 11.7 Å². The van der Waals surface area contributed by atoms with E-state index < -0.39 is 0 Å². The van der Waals surface area contributed by atoms with Crippen molar-refractivity contribution in [3.8, 4) is 0 Å². The van der Waals surface area contributed by atoms with Crippen LogP contribution in [-0.4, -0.2) is 21.8 Å². The molecule has 0 saturated heterocycles. The molecule has 2 atom stereocenters. The lowest BCUT2D eigenvalue weighted by Gasteiger charge is -2.22. The fraction of sp³-hybridized carbons (Fsp3) is 0.714. The maximum Gasteiger partial charge on any atom is 0.188 e. The summed E-state index contributed by atoms with van der Waals surface area (Å²) in [5.41, 5.74) is 8.04. The average molecular weight is 265 g/mol. The van der Waals surface area contributed by atoms with Crippen molar-refractivity contribution in [3.05, 3.63) is 17.5 Å². The van der Waals surface area contributed by atoms with Crippen LogP contribution in [0.4, 0.5) is 0 Å². The minimum atomic E-state index is 0.596. The van der Waals surface area contributed by atoms with Crippen molar-refractivity contribution >= 4 is 11.8 Å². The van der Waals surface area contributed by atoms with Crippen LogP contribution in [0.5, 0.6) is 0 Å². The molecule has 100 valence electrons. The summed E-state index contributed by atoms with van der Waals surface area (Å²) in [6, 6.07) is 2.03. The molecule has 2 rings (SSSR count). The van der Waals surface area contributed by atoms with Crippen LogP contribution in [0.15, 0.2) is 11.2 Å². The highest BCUT2D eigenvalue weighted by molar-refractivity contribution is 7.99. The highest BCUT2D eigenvalue weighted by Gasteiger charge is 2.24. The van der Waals surface area contributed by atoms with Gasteiger partial charge >= 0.3 is 0 Å². The lowest BCUT2D eigenvalue weighted by atomic mass is 10.0. The molecule has 0 amide bonds. The minimum Gasteiger partial charge on any atom is -0.330 e. The van der Waals surface area contributed by atoms with E-state index in [1.165, 1.54) is 32.1 Å². The maximum atomic E-state index is 5.92. The van der Waals surface area contributed by atoms with Crippen LogP contribution in [0.2, 0.25) is 0 Å². The third kappa shape index (κ3) is 3.69. The van der Waals surface area contributed by atoms with E-state index in [1.54, 1.807) is 0 Å².